The Hall–Kier alpha value is -1.90. The van der Waals surface area contributed by atoms with E-state index in [1.54, 1.807) is 0 Å². The van der Waals surface area contributed by atoms with E-state index in [4.69, 9.17) is 0 Å². The van der Waals surface area contributed by atoms with Gasteiger partial charge in [0.2, 0.25) is 0 Å². The van der Waals surface area contributed by atoms with Gasteiger partial charge < -0.3 is 10.2 Å². The minimum absolute atomic E-state index is 0.0733. The molecule has 2 heteroatoms. The van der Waals surface area contributed by atoms with Crippen LogP contribution in [-0.4, -0.2) is 15.8 Å². The van der Waals surface area contributed by atoms with Crippen LogP contribution in [0.15, 0.2) is 48.5 Å². The molecule has 2 rings (SSSR count). The third-order valence-corrected chi connectivity index (χ3v) is 4.09. The summed E-state index contributed by atoms with van der Waals surface area (Å²) in [6.07, 6.45) is 8.21. The summed E-state index contributed by atoms with van der Waals surface area (Å²) in [6, 6.07) is 16.5. The van der Waals surface area contributed by atoms with Crippen LogP contribution in [0.2, 0.25) is 0 Å². The average Bonchev–Trinajstić information content (AvgIpc) is 2.57. The zero-order valence-corrected chi connectivity index (χ0v) is 14.7. The van der Waals surface area contributed by atoms with Gasteiger partial charge in [0.05, 0.1) is 12.2 Å². The highest BCUT2D eigenvalue weighted by Crippen LogP contribution is 2.16. The highest BCUT2D eigenvalue weighted by Gasteiger charge is 2.10. The van der Waals surface area contributed by atoms with Gasteiger partial charge in [-0.1, -0.05) is 61.0 Å². The zero-order valence-electron chi connectivity index (χ0n) is 14.7. The molecule has 2 nitrogen and oxygen atoms in total. The summed E-state index contributed by atoms with van der Waals surface area (Å²) in [7, 11) is 0. The predicted molar refractivity (Wildman–Crippen MR) is 102 cm³/mol. The maximum absolute atomic E-state index is 9.72. The van der Waals surface area contributed by atoms with Gasteiger partial charge in [0.15, 0.2) is 0 Å². The Morgan fingerprint density at radius 3 is 2.25 bits per heavy atom. The second-order valence-electron chi connectivity index (χ2n) is 7.00. The Labute approximate surface area is 145 Å². The number of aryl methyl sites for hydroxylation is 1. The van der Waals surface area contributed by atoms with Crippen molar-refractivity contribution in [3.63, 3.8) is 0 Å². The molecule has 2 aromatic carbocycles. The van der Waals surface area contributed by atoms with Gasteiger partial charge in [0, 0.05) is 0 Å². The molecule has 2 aromatic rings. The molecule has 0 atom stereocenters. The van der Waals surface area contributed by atoms with E-state index in [-0.39, 0.29) is 6.61 Å². The molecule has 0 aliphatic rings. The fourth-order valence-corrected chi connectivity index (χ4v) is 2.67. The van der Waals surface area contributed by atoms with Crippen molar-refractivity contribution < 1.29 is 10.2 Å². The van der Waals surface area contributed by atoms with E-state index in [0.717, 1.165) is 36.8 Å². The molecule has 0 bridgehead atoms. The summed E-state index contributed by atoms with van der Waals surface area (Å²) >= 11 is 0. The van der Waals surface area contributed by atoms with E-state index >= 15 is 0 Å². The molecule has 0 amide bonds. The summed E-state index contributed by atoms with van der Waals surface area (Å²) < 4.78 is 0. The van der Waals surface area contributed by atoms with Gasteiger partial charge in [-0.15, -0.1) is 0 Å². The largest absolute Gasteiger partial charge is 0.392 e. The van der Waals surface area contributed by atoms with E-state index in [2.05, 4.69) is 36.4 Å². The van der Waals surface area contributed by atoms with Crippen molar-refractivity contribution >= 4 is 12.2 Å². The molecule has 2 N–H and O–H groups in total. The number of aliphatic hydroxyl groups excluding tert-OH is 1. The number of aliphatic hydroxyl groups is 2. The van der Waals surface area contributed by atoms with Crippen molar-refractivity contribution in [2.24, 2.45) is 0 Å². The molecule has 0 saturated heterocycles. The van der Waals surface area contributed by atoms with Crippen LogP contribution in [0.25, 0.3) is 12.2 Å². The third-order valence-electron chi connectivity index (χ3n) is 4.09. The Morgan fingerprint density at radius 2 is 1.58 bits per heavy atom. The highest BCUT2D eigenvalue weighted by atomic mass is 16.3. The highest BCUT2D eigenvalue weighted by molar-refractivity contribution is 5.69. The van der Waals surface area contributed by atoms with Crippen molar-refractivity contribution in [2.45, 2.75) is 51.7 Å². The first kappa shape index (κ1) is 18.4. The lowest BCUT2D eigenvalue weighted by molar-refractivity contribution is 0.0682. The topological polar surface area (TPSA) is 40.5 Å². The molecule has 0 aliphatic carbocycles. The third kappa shape index (κ3) is 6.69. The predicted octanol–water partition coefficient (Wildman–Crippen LogP) is 4.83. The molecule has 0 spiro atoms. The monoisotopic (exact) mass is 324 g/mol. The lowest BCUT2D eigenvalue weighted by Crippen LogP contribution is -2.17. The average molecular weight is 324 g/mol. The minimum atomic E-state index is -0.554. The van der Waals surface area contributed by atoms with Crippen molar-refractivity contribution in [2.75, 3.05) is 0 Å². The number of rotatable bonds is 8. The molecular formula is C22H28O2. The molecule has 0 unspecified atom stereocenters. The van der Waals surface area contributed by atoms with E-state index in [1.807, 2.05) is 38.1 Å². The Kier molecular flexibility index (Phi) is 6.77. The van der Waals surface area contributed by atoms with Crippen LogP contribution in [-0.2, 0) is 13.0 Å². The molecule has 24 heavy (non-hydrogen) atoms. The van der Waals surface area contributed by atoms with Crippen molar-refractivity contribution in [1.29, 1.82) is 0 Å². The molecule has 0 aliphatic heterocycles. The Balaban J connectivity index is 1.86. The van der Waals surface area contributed by atoms with Crippen LogP contribution in [0, 0.1) is 0 Å². The number of benzene rings is 2. The second-order valence-corrected chi connectivity index (χ2v) is 7.00. The van der Waals surface area contributed by atoms with Gasteiger partial charge in [-0.25, -0.2) is 0 Å². The molecule has 0 heterocycles. The van der Waals surface area contributed by atoms with Crippen molar-refractivity contribution in [3.05, 3.63) is 70.8 Å². The van der Waals surface area contributed by atoms with E-state index < -0.39 is 5.60 Å². The van der Waals surface area contributed by atoms with Crippen molar-refractivity contribution in [3.8, 4) is 0 Å². The Morgan fingerprint density at radius 1 is 0.875 bits per heavy atom. The fraction of sp³-hybridized carbons (Fsp3) is 0.364. The van der Waals surface area contributed by atoms with Crippen LogP contribution in [0.3, 0.4) is 0 Å². The lowest BCUT2D eigenvalue weighted by atomic mass is 9.98. The normalized spacial score (nSPS) is 12.0. The Bertz CT molecular complexity index is 648. The second kappa shape index (κ2) is 8.81. The van der Waals surface area contributed by atoms with Crippen LogP contribution in [0.4, 0.5) is 0 Å². The van der Waals surface area contributed by atoms with E-state index in [0.29, 0.717) is 0 Å². The summed E-state index contributed by atoms with van der Waals surface area (Å²) in [5.74, 6) is 0. The zero-order chi connectivity index (χ0) is 17.4. The maximum Gasteiger partial charge on any atom is 0.0682 e. The quantitative estimate of drug-likeness (QED) is 0.539. The molecular weight excluding hydrogens is 296 g/mol. The van der Waals surface area contributed by atoms with E-state index in [9.17, 15) is 10.2 Å². The lowest BCUT2D eigenvalue weighted by Gasteiger charge is -2.16. The number of unbranched alkanes of at least 4 members (excludes halogenated alkanes) is 1. The first-order valence-electron chi connectivity index (χ1n) is 8.65. The molecule has 0 radical (unpaired) electrons. The van der Waals surface area contributed by atoms with Crippen LogP contribution >= 0.6 is 0 Å². The standard InChI is InChI=1S/C22H28O2/c1-22(2,24)15-4-3-6-18-9-11-19(12-10-18)13-14-20-7-5-8-21(16-20)17-23/h5,7-14,16,23-24H,3-4,6,15,17H2,1-2H3. The van der Waals surface area contributed by atoms with Gasteiger partial charge >= 0.3 is 0 Å². The van der Waals surface area contributed by atoms with Crippen LogP contribution < -0.4 is 0 Å². The molecule has 0 saturated carbocycles. The summed E-state index contributed by atoms with van der Waals surface area (Å²) in [6.45, 7) is 3.80. The first-order chi connectivity index (χ1) is 11.5. The number of hydrogen-bond acceptors (Lipinski definition) is 2. The minimum Gasteiger partial charge on any atom is -0.392 e. The van der Waals surface area contributed by atoms with Crippen LogP contribution in [0.1, 0.15) is 55.4 Å². The van der Waals surface area contributed by atoms with Crippen LogP contribution in [0.5, 0.6) is 0 Å². The number of hydrogen-bond donors (Lipinski definition) is 2. The van der Waals surface area contributed by atoms with Gasteiger partial charge in [0.1, 0.15) is 0 Å². The summed E-state index contributed by atoms with van der Waals surface area (Å²) in [4.78, 5) is 0. The first-order valence-corrected chi connectivity index (χ1v) is 8.65. The SMILES string of the molecule is CC(C)(O)CCCCc1ccc(C=Cc2cccc(CO)c2)cc1. The molecule has 128 valence electrons. The summed E-state index contributed by atoms with van der Waals surface area (Å²) in [5.41, 5.74) is 3.98. The van der Waals surface area contributed by atoms with E-state index in [1.165, 1.54) is 11.1 Å². The van der Waals surface area contributed by atoms with Crippen molar-refractivity contribution in [1.82, 2.24) is 0 Å². The van der Waals surface area contributed by atoms with Gasteiger partial charge in [-0.2, -0.15) is 0 Å². The summed E-state index contributed by atoms with van der Waals surface area (Å²) in [5, 5.41) is 18.9. The fourth-order valence-electron chi connectivity index (χ4n) is 2.67. The maximum atomic E-state index is 9.72. The van der Waals surface area contributed by atoms with Gasteiger partial charge in [-0.3, -0.25) is 0 Å². The molecule has 0 aromatic heterocycles. The molecule has 0 fully saturated rings. The smallest absolute Gasteiger partial charge is 0.0682 e. The van der Waals surface area contributed by atoms with Gasteiger partial charge in [0.25, 0.3) is 0 Å². The van der Waals surface area contributed by atoms with Gasteiger partial charge in [-0.05, 0) is 61.4 Å².